The number of nitrogens with zero attached hydrogens (tertiary/aromatic N) is 4. The highest BCUT2D eigenvalue weighted by Gasteiger charge is 2.16. The molecule has 166 valence electrons. The van der Waals surface area contributed by atoms with E-state index in [-0.39, 0.29) is 36.3 Å². The first kappa shape index (κ1) is 24.3. The second-order valence-electron chi connectivity index (χ2n) is 7.21. The van der Waals surface area contributed by atoms with Crippen molar-refractivity contribution >= 4 is 29.9 Å². The molecule has 1 aliphatic rings. The van der Waals surface area contributed by atoms with Gasteiger partial charge >= 0.3 is 6.61 Å². The van der Waals surface area contributed by atoms with Gasteiger partial charge in [0.25, 0.3) is 0 Å². The maximum absolute atomic E-state index is 12.7. The predicted octanol–water partition coefficient (Wildman–Crippen LogP) is 3.91. The number of aryl methyl sites for hydroxylation is 1. The van der Waals surface area contributed by atoms with E-state index in [0.717, 1.165) is 24.5 Å². The molecule has 1 saturated carbocycles. The molecular formula is C20H29F2IN6O. The summed E-state index contributed by atoms with van der Waals surface area (Å²) < 4.78 is 31.8. The lowest BCUT2D eigenvalue weighted by Crippen LogP contribution is -2.44. The summed E-state index contributed by atoms with van der Waals surface area (Å²) in [5.74, 6) is 2.40. The molecule has 3 rings (SSSR count). The Hall–Kier alpha value is -1.98. The van der Waals surface area contributed by atoms with E-state index in [4.69, 9.17) is 0 Å². The van der Waals surface area contributed by atoms with Crippen molar-refractivity contribution in [3.63, 3.8) is 0 Å². The van der Waals surface area contributed by atoms with Gasteiger partial charge in [0, 0.05) is 18.7 Å². The summed E-state index contributed by atoms with van der Waals surface area (Å²) in [6.07, 6.45) is 5.83. The van der Waals surface area contributed by atoms with Crippen molar-refractivity contribution < 1.29 is 13.5 Å². The van der Waals surface area contributed by atoms with Crippen LogP contribution in [0.2, 0.25) is 0 Å². The second-order valence-corrected chi connectivity index (χ2v) is 7.21. The maximum atomic E-state index is 12.7. The molecule has 30 heavy (non-hydrogen) atoms. The van der Waals surface area contributed by atoms with Crippen LogP contribution < -0.4 is 15.4 Å². The Morgan fingerprint density at radius 3 is 2.63 bits per heavy atom. The van der Waals surface area contributed by atoms with Gasteiger partial charge in [-0.2, -0.15) is 8.78 Å². The summed E-state index contributed by atoms with van der Waals surface area (Å²) in [5, 5.41) is 15.0. The van der Waals surface area contributed by atoms with Gasteiger partial charge in [-0.1, -0.05) is 37.5 Å². The Morgan fingerprint density at radius 2 is 1.97 bits per heavy atom. The molecule has 1 aromatic heterocycles. The molecule has 1 fully saturated rings. The first-order valence-corrected chi connectivity index (χ1v) is 9.95. The van der Waals surface area contributed by atoms with Gasteiger partial charge in [0.15, 0.2) is 11.8 Å². The number of aliphatic imine (C=N–C) groups is 1. The molecule has 0 spiro atoms. The van der Waals surface area contributed by atoms with Crippen molar-refractivity contribution in [2.24, 2.45) is 12.0 Å². The Balaban J connectivity index is 0.00000320. The first-order chi connectivity index (χ1) is 14.0. The summed E-state index contributed by atoms with van der Waals surface area (Å²) in [6.45, 7) is -0.281. The fourth-order valence-corrected chi connectivity index (χ4v) is 3.37. The minimum Gasteiger partial charge on any atom is -0.434 e. The lowest BCUT2D eigenvalue weighted by Gasteiger charge is -2.25. The highest BCUT2D eigenvalue weighted by Crippen LogP contribution is 2.21. The number of halogens is 3. The van der Waals surface area contributed by atoms with Gasteiger partial charge in [-0.3, -0.25) is 0 Å². The molecule has 1 aliphatic carbocycles. The standard InChI is InChI=1S/C20H28F2N6O.HI/c1-14-26-27-18(28(14)2)13-24-20(25-16-9-4-3-5-10-16)23-12-15-8-6-7-11-17(15)29-19(21)22;/h6-8,11,16,19H,3-5,9-10,12-13H2,1-2H3,(H2,23,24,25);1H. The number of rotatable bonds is 7. The van der Waals surface area contributed by atoms with E-state index in [1.54, 1.807) is 18.2 Å². The third kappa shape index (κ3) is 7.06. The lowest BCUT2D eigenvalue weighted by atomic mass is 9.96. The molecule has 1 aromatic carbocycles. The van der Waals surface area contributed by atoms with Crippen LogP contribution in [0.5, 0.6) is 5.75 Å². The highest BCUT2D eigenvalue weighted by molar-refractivity contribution is 14.0. The van der Waals surface area contributed by atoms with E-state index in [2.05, 4.69) is 30.6 Å². The molecule has 10 heteroatoms. The monoisotopic (exact) mass is 534 g/mol. The minimum atomic E-state index is -2.86. The number of alkyl halides is 2. The zero-order valence-electron chi connectivity index (χ0n) is 17.3. The maximum Gasteiger partial charge on any atom is 0.387 e. The molecule has 7 nitrogen and oxygen atoms in total. The van der Waals surface area contributed by atoms with E-state index >= 15 is 0 Å². The van der Waals surface area contributed by atoms with Crippen LogP contribution in [0.1, 0.15) is 49.3 Å². The molecular weight excluding hydrogens is 505 g/mol. The van der Waals surface area contributed by atoms with Crippen LogP contribution in [0.3, 0.4) is 0 Å². The van der Waals surface area contributed by atoms with Crippen LogP contribution in [-0.2, 0) is 20.1 Å². The second kappa shape index (κ2) is 12.0. The number of benzene rings is 1. The van der Waals surface area contributed by atoms with Crippen LogP contribution in [0, 0.1) is 6.92 Å². The van der Waals surface area contributed by atoms with Gasteiger partial charge in [-0.25, -0.2) is 4.99 Å². The smallest absolute Gasteiger partial charge is 0.387 e. The average molecular weight is 534 g/mol. The summed E-state index contributed by atoms with van der Waals surface area (Å²) in [7, 11) is 1.91. The van der Waals surface area contributed by atoms with E-state index in [1.165, 1.54) is 25.3 Å². The van der Waals surface area contributed by atoms with Gasteiger partial charge in [0.05, 0.1) is 13.1 Å². The van der Waals surface area contributed by atoms with Gasteiger partial charge < -0.3 is 19.9 Å². The van der Waals surface area contributed by atoms with Crippen molar-refractivity contribution in [3.05, 3.63) is 41.5 Å². The van der Waals surface area contributed by atoms with Crippen molar-refractivity contribution in [1.82, 2.24) is 25.4 Å². The van der Waals surface area contributed by atoms with Gasteiger partial charge in [-0.15, -0.1) is 34.2 Å². The summed E-state index contributed by atoms with van der Waals surface area (Å²) in [5.41, 5.74) is 0.604. The van der Waals surface area contributed by atoms with Crippen LogP contribution >= 0.6 is 24.0 Å². The summed E-state index contributed by atoms with van der Waals surface area (Å²) >= 11 is 0. The van der Waals surface area contributed by atoms with E-state index in [9.17, 15) is 8.78 Å². The largest absolute Gasteiger partial charge is 0.434 e. The molecule has 0 bridgehead atoms. The topological polar surface area (TPSA) is 76.4 Å². The van der Waals surface area contributed by atoms with Crippen molar-refractivity contribution in [3.8, 4) is 5.75 Å². The van der Waals surface area contributed by atoms with Gasteiger partial charge in [0.2, 0.25) is 0 Å². The van der Waals surface area contributed by atoms with E-state index < -0.39 is 6.61 Å². The van der Waals surface area contributed by atoms with Crippen LogP contribution in [0.25, 0.3) is 0 Å². The van der Waals surface area contributed by atoms with Crippen molar-refractivity contribution in [2.75, 3.05) is 0 Å². The van der Waals surface area contributed by atoms with E-state index in [0.29, 0.717) is 24.1 Å². The minimum absolute atomic E-state index is 0. The molecule has 0 saturated heterocycles. The van der Waals surface area contributed by atoms with Crippen molar-refractivity contribution in [1.29, 1.82) is 0 Å². The number of ether oxygens (including phenoxy) is 1. The lowest BCUT2D eigenvalue weighted by molar-refractivity contribution is -0.0504. The zero-order valence-corrected chi connectivity index (χ0v) is 19.6. The molecule has 0 atom stereocenters. The highest BCUT2D eigenvalue weighted by atomic mass is 127. The van der Waals surface area contributed by atoms with Crippen LogP contribution in [0.4, 0.5) is 8.78 Å². The first-order valence-electron chi connectivity index (χ1n) is 9.95. The van der Waals surface area contributed by atoms with Gasteiger partial charge in [-0.05, 0) is 25.8 Å². The Morgan fingerprint density at radius 1 is 1.23 bits per heavy atom. The molecule has 0 aliphatic heterocycles. The summed E-state index contributed by atoms with van der Waals surface area (Å²) in [4.78, 5) is 4.62. The fourth-order valence-electron chi connectivity index (χ4n) is 3.37. The third-order valence-corrected chi connectivity index (χ3v) is 5.14. The van der Waals surface area contributed by atoms with E-state index in [1.807, 2.05) is 18.5 Å². The Bertz CT molecular complexity index is 823. The molecule has 1 heterocycles. The van der Waals surface area contributed by atoms with Crippen LogP contribution in [-0.4, -0.2) is 33.4 Å². The predicted molar refractivity (Wildman–Crippen MR) is 122 cm³/mol. The molecule has 0 unspecified atom stereocenters. The molecule has 0 amide bonds. The van der Waals surface area contributed by atoms with Gasteiger partial charge in [0.1, 0.15) is 11.6 Å². The Labute approximate surface area is 192 Å². The van der Waals surface area contributed by atoms with Crippen molar-refractivity contribution in [2.45, 2.75) is 64.8 Å². The quantitative estimate of drug-likeness (QED) is 0.320. The molecule has 2 aromatic rings. The normalized spacial score (nSPS) is 15.0. The number of guanidine groups is 1. The Kier molecular flexibility index (Phi) is 9.73. The number of nitrogens with one attached hydrogen (secondary N) is 2. The number of hydrogen-bond acceptors (Lipinski definition) is 4. The SMILES string of the molecule is Cc1nnc(CNC(=NCc2ccccc2OC(F)F)NC2CCCCC2)n1C.I. The molecule has 0 radical (unpaired) electrons. The fraction of sp³-hybridized carbons (Fsp3) is 0.550. The zero-order chi connectivity index (χ0) is 20.6. The third-order valence-electron chi connectivity index (χ3n) is 5.14. The number of hydrogen-bond donors (Lipinski definition) is 2. The number of para-hydroxylation sites is 1. The average Bonchev–Trinajstić information content (AvgIpc) is 3.03. The summed E-state index contributed by atoms with van der Waals surface area (Å²) in [6, 6.07) is 7.07. The van der Waals surface area contributed by atoms with Crippen LogP contribution in [0.15, 0.2) is 29.3 Å². The number of aromatic nitrogens is 3. The molecule has 2 N–H and O–H groups in total.